The number of thiophene rings is 1. The lowest BCUT2D eigenvalue weighted by Gasteiger charge is -2.13. The smallest absolute Gasteiger partial charge is 0.271 e. The molecule has 0 bridgehead atoms. The van der Waals surface area contributed by atoms with Gasteiger partial charge in [0.25, 0.3) is 5.91 Å². The van der Waals surface area contributed by atoms with E-state index in [4.69, 9.17) is 0 Å². The van der Waals surface area contributed by atoms with Crippen LogP contribution in [-0.2, 0) is 0 Å². The van der Waals surface area contributed by atoms with Gasteiger partial charge >= 0.3 is 0 Å². The highest BCUT2D eigenvalue weighted by molar-refractivity contribution is 7.13. The van der Waals surface area contributed by atoms with E-state index < -0.39 is 6.10 Å². The molecule has 7 heteroatoms. The third-order valence-corrected chi connectivity index (χ3v) is 4.33. The Labute approximate surface area is 120 Å². The summed E-state index contributed by atoms with van der Waals surface area (Å²) in [5, 5.41) is 24.4. The first-order valence-electron chi connectivity index (χ1n) is 6.50. The molecule has 0 saturated carbocycles. The highest BCUT2D eigenvalue weighted by Crippen LogP contribution is 2.22. The van der Waals surface area contributed by atoms with Crippen LogP contribution in [0, 0.1) is 5.92 Å². The fraction of sp³-hybridized carbons (Fsp3) is 0.385. The second-order valence-electron chi connectivity index (χ2n) is 4.84. The lowest BCUT2D eigenvalue weighted by Crippen LogP contribution is -2.34. The first-order chi connectivity index (χ1) is 9.74. The molecule has 1 aliphatic heterocycles. The Bertz CT molecular complexity index is 581. The molecule has 2 aromatic heterocycles. The zero-order chi connectivity index (χ0) is 13.9. The van der Waals surface area contributed by atoms with Crippen LogP contribution in [0.1, 0.15) is 10.5 Å². The fourth-order valence-electron chi connectivity index (χ4n) is 2.24. The van der Waals surface area contributed by atoms with Gasteiger partial charge in [0.05, 0.1) is 16.7 Å². The van der Waals surface area contributed by atoms with Gasteiger partial charge in [-0.05, 0) is 17.5 Å². The van der Waals surface area contributed by atoms with Gasteiger partial charge in [0, 0.05) is 25.6 Å². The van der Waals surface area contributed by atoms with Gasteiger partial charge in [-0.1, -0.05) is 6.07 Å². The van der Waals surface area contributed by atoms with Crippen LogP contribution in [0.2, 0.25) is 0 Å². The molecule has 20 heavy (non-hydrogen) atoms. The van der Waals surface area contributed by atoms with Crippen molar-refractivity contribution in [3.8, 4) is 10.6 Å². The van der Waals surface area contributed by atoms with Crippen molar-refractivity contribution in [3.63, 3.8) is 0 Å². The summed E-state index contributed by atoms with van der Waals surface area (Å²) in [5.41, 5.74) is 1.21. The van der Waals surface area contributed by atoms with E-state index in [1.165, 1.54) is 0 Å². The number of H-pyrrole nitrogens is 1. The summed E-state index contributed by atoms with van der Waals surface area (Å²) in [6.45, 7) is 1.77. The number of carbonyl (C=O) groups excluding carboxylic acids is 1. The van der Waals surface area contributed by atoms with E-state index >= 15 is 0 Å². The normalized spacial score (nSPS) is 22.1. The zero-order valence-electron chi connectivity index (χ0n) is 10.8. The lowest BCUT2D eigenvalue weighted by molar-refractivity contribution is 0.0922. The van der Waals surface area contributed by atoms with Crippen LogP contribution >= 0.6 is 11.3 Å². The molecule has 0 aromatic carbocycles. The molecule has 2 atom stereocenters. The minimum Gasteiger partial charge on any atom is -0.391 e. The number of rotatable bonds is 4. The Kier molecular flexibility index (Phi) is 3.81. The number of aromatic amines is 1. The number of amides is 1. The van der Waals surface area contributed by atoms with Crippen molar-refractivity contribution in [1.29, 1.82) is 0 Å². The average molecular weight is 292 g/mol. The predicted octanol–water partition coefficient (Wildman–Crippen LogP) is 0.448. The van der Waals surface area contributed by atoms with Crippen LogP contribution in [0.15, 0.2) is 23.6 Å². The molecular weight excluding hydrogens is 276 g/mol. The van der Waals surface area contributed by atoms with Gasteiger partial charge in [-0.3, -0.25) is 9.89 Å². The number of carbonyl (C=O) groups is 1. The maximum atomic E-state index is 12.0. The molecule has 106 valence electrons. The maximum Gasteiger partial charge on any atom is 0.271 e. The highest BCUT2D eigenvalue weighted by Gasteiger charge is 2.25. The van der Waals surface area contributed by atoms with E-state index in [2.05, 4.69) is 20.8 Å². The summed E-state index contributed by atoms with van der Waals surface area (Å²) < 4.78 is 0. The summed E-state index contributed by atoms with van der Waals surface area (Å²) in [6.07, 6.45) is -0.392. The Morgan fingerprint density at radius 3 is 3.15 bits per heavy atom. The lowest BCUT2D eigenvalue weighted by atomic mass is 10.1. The SMILES string of the molecule is O=C(NCC1CNCC1O)c1cc(-c2cccs2)[nH]n1. The quantitative estimate of drug-likeness (QED) is 0.658. The minimum absolute atomic E-state index is 0.0645. The van der Waals surface area contributed by atoms with Gasteiger partial charge in [0.2, 0.25) is 0 Å². The third-order valence-electron chi connectivity index (χ3n) is 3.43. The number of hydrogen-bond acceptors (Lipinski definition) is 5. The van der Waals surface area contributed by atoms with Crippen molar-refractivity contribution in [2.24, 2.45) is 5.92 Å². The molecule has 6 nitrogen and oxygen atoms in total. The standard InChI is InChI=1S/C13H16N4O2S/c18-11-7-14-5-8(11)6-15-13(19)10-4-9(16-17-10)12-2-1-3-20-12/h1-4,8,11,14,18H,5-7H2,(H,15,19)(H,16,17). The number of nitrogens with one attached hydrogen (secondary N) is 3. The molecule has 3 heterocycles. The molecule has 1 amide bonds. The number of nitrogens with zero attached hydrogens (tertiary/aromatic N) is 1. The summed E-state index contributed by atoms with van der Waals surface area (Å²) in [6, 6.07) is 5.67. The number of aliphatic hydroxyl groups excluding tert-OH is 1. The molecule has 0 aliphatic carbocycles. The Morgan fingerprint density at radius 1 is 1.55 bits per heavy atom. The largest absolute Gasteiger partial charge is 0.391 e. The summed E-state index contributed by atoms with van der Waals surface area (Å²) in [4.78, 5) is 13.0. The molecular formula is C13H16N4O2S. The predicted molar refractivity (Wildman–Crippen MR) is 76.6 cm³/mol. The Balaban J connectivity index is 1.60. The van der Waals surface area contributed by atoms with Gasteiger partial charge < -0.3 is 15.7 Å². The van der Waals surface area contributed by atoms with E-state index in [0.29, 0.717) is 18.8 Å². The van der Waals surface area contributed by atoms with E-state index in [0.717, 1.165) is 17.1 Å². The molecule has 1 saturated heterocycles. The molecule has 0 spiro atoms. The second-order valence-corrected chi connectivity index (χ2v) is 5.79. The number of β-amino-alcohol motifs (C(OH)–C–C–N with tert-alkyl or cyclic N) is 1. The fourth-order valence-corrected chi connectivity index (χ4v) is 2.93. The first-order valence-corrected chi connectivity index (χ1v) is 7.38. The molecule has 4 N–H and O–H groups in total. The molecule has 3 rings (SSSR count). The van der Waals surface area contributed by atoms with Gasteiger partial charge in [-0.2, -0.15) is 5.10 Å². The van der Waals surface area contributed by atoms with Crippen LogP contribution in [0.25, 0.3) is 10.6 Å². The molecule has 2 unspecified atom stereocenters. The third kappa shape index (κ3) is 2.74. The number of aliphatic hydroxyl groups is 1. The van der Waals surface area contributed by atoms with E-state index in [1.54, 1.807) is 17.4 Å². The minimum atomic E-state index is -0.392. The topological polar surface area (TPSA) is 90.0 Å². The van der Waals surface area contributed by atoms with Crippen LogP contribution < -0.4 is 10.6 Å². The van der Waals surface area contributed by atoms with E-state index in [-0.39, 0.29) is 11.8 Å². The number of hydrogen-bond donors (Lipinski definition) is 4. The summed E-state index contributed by atoms with van der Waals surface area (Å²) in [7, 11) is 0. The molecule has 2 aromatic rings. The van der Waals surface area contributed by atoms with Gasteiger partial charge in [-0.25, -0.2) is 0 Å². The van der Waals surface area contributed by atoms with Crippen LogP contribution in [0.4, 0.5) is 0 Å². The summed E-state index contributed by atoms with van der Waals surface area (Å²) in [5.74, 6) is -0.155. The summed E-state index contributed by atoms with van der Waals surface area (Å²) >= 11 is 1.59. The Hall–Kier alpha value is -1.70. The first kappa shape index (κ1) is 13.3. The molecule has 1 fully saturated rings. The van der Waals surface area contributed by atoms with Crippen LogP contribution in [-0.4, -0.2) is 46.9 Å². The maximum absolute atomic E-state index is 12.0. The Morgan fingerprint density at radius 2 is 2.45 bits per heavy atom. The van der Waals surface area contributed by atoms with Crippen molar-refractivity contribution in [2.45, 2.75) is 6.10 Å². The van der Waals surface area contributed by atoms with Gasteiger partial charge in [0.15, 0.2) is 5.69 Å². The van der Waals surface area contributed by atoms with Gasteiger partial charge in [0.1, 0.15) is 0 Å². The second kappa shape index (κ2) is 5.74. The van der Waals surface area contributed by atoms with E-state index in [1.807, 2.05) is 17.5 Å². The van der Waals surface area contributed by atoms with Gasteiger partial charge in [-0.15, -0.1) is 11.3 Å². The highest BCUT2D eigenvalue weighted by atomic mass is 32.1. The van der Waals surface area contributed by atoms with Crippen molar-refractivity contribution < 1.29 is 9.90 Å². The van der Waals surface area contributed by atoms with Crippen molar-refractivity contribution >= 4 is 17.2 Å². The van der Waals surface area contributed by atoms with Crippen LogP contribution in [0.3, 0.4) is 0 Å². The molecule has 1 aliphatic rings. The zero-order valence-corrected chi connectivity index (χ0v) is 11.6. The van der Waals surface area contributed by atoms with Crippen LogP contribution in [0.5, 0.6) is 0 Å². The van der Waals surface area contributed by atoms with Crippen molar-refractivity contribution in [3.05, 3.63) is 29.3 Å². The van der Waals surface area contributed by atoms with Crippen molar-refractivity contribution in [2.75, 3.05) is 19.6 Å². The average Bonchev–Trinajstić information content (AvgIpc) is 3.17. The molecule has 0 radical (unpaired) electrons. The van der Waals surface area contributed by atoms with Crippen molar-refractivity contribution in [1.82, 2.24) is 20.8 Å². The number of aromatic nitrogens is 2. The monoisotopic (exact) mass is 292 g/mol. The van der Waals surface area contributed by atoms with E-state index in [9.17, 15) is 9.90 Å².